The van der Waals surface area contributed by atoms with Gasteiger partial charge in [-0.05, 0) is 56.7 Å². The van der Waals surface area contributed by atoms with E-state index in [1.165, 1.54) is 0 Å². The van der Waals surface area contributed by atoms with Gasteiger partial charge in [-0.15, -0.1) is 0 Å². The molecule has 0 bridgehead atoms. The van der Waals surface area contributed by atoms with Crippen LogP contribution in [0.5, 0.6) is 5.75 Å². The molecule has 1 aromatic carbocycles. The van der Waals surface area contributed by atoms with Crippen molar-refractivity contribution in [1.82, 2.24) is 0 Å². The van der Waals surface area contributed by atoms with Crippen LogP contribution in [0.4, 0.5) is 0 Å². The Balaban J connectivity index is 2.53. The topological polar surface area (TPSA) is 104 Å². The van der Waals surface area contributed by atoms with E-state index < -0.39 is 25.5 Å². The van der Waals surface area contributed by atoms with Crippen molar-refractivity contribution in [2.75, 3.05) is 5.75 Å². The maximum absolute atomic E-state index is 12.8. The Bertz CT molecular complexity index is 888. The Morgan fingerprint density at radius 3 is 2.40 bits per heavy atom. The Labute approximate surface area is 150 Å². The molecule has 6 nitrogen and oxygen atoms in total. The summed E-state index contributed by atoms with van der Waals surface area (Å²) in [6, 6.07) is 1.13. The van der Waals surface area contributed by atoms with Gasteiger partial charge in [0.05, 0.1) is 10.6 Å². The molecule has 0 aromatic heterocycles. The normalized spacial score (nSPS) is 22.5. The highest BCUT2D eigenvalue weighted by Gasteiger charge is 2.42. The smallest absolute Gasteiger partial charge is 0.238 e. The average Bonchev–Trinajstić information content (AvgIpc) is 2.40. The number of nitrogens with two attached hydrogens (primary N) is 1. The lowest BCUT2D eigenvalue weighted by molar-refractivity contribution is 0.0876. The summed E-state index contributed by atoms with van der Waals surface area (Å²) in [6.07, 6.45) is 2.49. The van der Waals surface area contributed by atoms with Crippen molar-refractivity contribution in [2.45, 2.75) is 69.3 Å². The van der Waals surface area contributed by atoms with Gasteiger partial charge in [-0.3, -0.25) is 0 Å². The van der Waals surface area contributed by atoms with Gasteiger partial charge in [0.15, 0.2) is 9.84 Å². The minimum Gasteiger partial charge on any atom is -0.485 e. The van der Waals surface area contributed by atoms with E-state index in [-0.39, 0.29) is 21.3 Å². The van der Waals surface area contributed by atoms with Crippen LogP contribution in [0.15, 0.2) is 15.9 Å². The zero-order valence-electron chi connectivity index (χ0n) is 15.4. The number of fused-ring (bicyclic) bond motifs is 1. The number of primary sulfonamides is 1. The molecule has 2 N–H and O–H groups in total. The van der Waals surface area contributed by atoms with Gasteiger partial charge >= 0.3 is 0 Å². The van der Waals surface area contributed by atoms with Crippen LogP contribution in [0.2, 0.25) is 0 Å². The third-order valence-corrected chi connectivity index (χ3v) is 7.73. The zero-order chi connectivity index (χ0) is 19.2. The molecule has 142 valence electrons. The molecule has 0 saturated heterocycles. The summed E-state index contributed by atoms with van der Waals surface area (Å²) in [6.45, 7) is 9.32. The maximum Gasteiger partial charge on any atom is 0.238 e. The summed E-state index contributed by atoms with van der Waals surface area (Å²) in [5, 5.41) is 5.23. The third kappa shape index (κ3) is 4.17. The summed E-state index contributed by atoms with van der Waals surface area (Å²) >= 11 is 0. The molecule has 1 aromatic rings. The molecule has 0 saturated carbocycles. The molecule has 25 heavy (non-hydrogen) atoms. The molecule has 1 aliphatic heterocycles. The van der Waals surface area contributed by atoms with Crippen LogP contribution in [0.1, 0.15) is 51.2 Å². The van der Waals surface area contributed by atoms with E-state index in [1.54, 1.807) is 20.8 Å². The van der Waals surface area contributed by atoms with E-state index in [1.807, 2.05) is 0 Å². The van der Waals surface area contributed by atoms with E-state index in [4.69, 9.17) is 9.88 Å². The molecule has 1 unspecified atom stereocenters. The Morgan fingerprint density at radius 2 is 1.88 bits per heavy atom. The molecule has 1 heterocycles. The molecule has 2 rings (SSSR count). The Hall–Kier alpha value is -1.12. The van der Waals surface area contributed by atoms with Gasteiger partial charge in [0, 0.05) is 0 Å². The van der Waals surface area contributed by atoms with Gasteiger partial charge in [0.1, 0.15) is 16.2 Å². The van der Waals surface area contributed by atoms with Crippen LogP contribution < -0.4 is 9.88 Å². The van der Waals surface area contributed by atoms with Crippen molar-refractivity contribution >= 4 is 19.9 Å². The second-order valence-electron chi connectivity index (χ2n) is 7.59. The van der Waals surface area contributed by atoms with E-state index in [0.717, 1.165) is 18.9 Å². The second-order valence-corrected chi connectivity index (χ2v) is 11.1. The summed E-state index contributed by atoms with van der Waals surface area (Å²) in [4.78, 5) is -0.250. The number of ether oxygens (including phenoxy) is 1. The molecule has 8 heteroatoms. The predicted octanol–water partition coefficient (Wildman–Crippen LogP) is 2.70. The lowest BCUT2D eigenvalue weighted by Crippen LogP contribution is -2.44. The lowest BCUT2D eigenvalue weighted by atomic mass is 9.96. The Kier molecular flexibility index (Phi) is 5.29. The van der Waals surface area contributed by atoms with Crippen molar-refractivity contribution in [2.24, 2.45) is 11.1 Å². The molecular weight excluding hydrogens is 362 g/mol. The van der Waals surface area contributed by atoms with Gasteiger partial charge in [0.25, 0.3) is 0 Å². The van der Waals surface area contributed by atoms with Crippen molar-refractivity contribution in [1.29, 1.82) is 0 Å². The molecule has 0 aliphatic carbocycles. The van der Waals surface area contributed by atoms with E-state index in [2.05, 4.69) is 13.8 Å². The molecule has 0 fully saturated rings. The minimum absolute atomic E-state index is 0.0824. The summed E-state index contributed by atoms with van der Waals surface area (Å²) < 4.78 is 55.3. The minimum atomic E-state index is -4.01. The quantitative estimate of drug-likeness (QED) is 0.834. The number of rotatable bonds is 5. The average molecular weight is 390 g/mol. The number of hydrogen-bond donors (Lipinski definition) is 1. The Morgan fingerprint density at radius 1 is 1.28 bits per heavy atom. The maximum atomic E-state index is 12.8. The standard InChI is InChI=1S/C17H27NO5S2/c1-11(2)7-6-8-17(5)10-24(19,20)15-9-14(25(18,21)22)12(3)13(4)16(15)23-17/h9,11H,6-8,10H2,1-5H3,(H2,18,21,22). The largest absolute Gasteiger partial charge is 0.485 e. The monoisotopic (exact) mass is 389 g/mol. The first-order valence-corrected chi connectivity index (χ1v) is 11.6. The summed E-state index contributed by atoms with van der Waals surface area (Å²) in [5.74, 6) is 0.623. The first-order valence-electron chi connectivity index (χ1n) is 8.35. The lowest BCUT2D eigenvalue weighted by Gasteiger charge is -2.37. The molecule has 1 atom stereocenters. The third-order valence-electron chi connectivity index (χ3n) is 4.73. The second kappa shape index (κ2) is 6.55. The molecule has 1 aliphatic rings. The fourth-order valence-corrected chi connectivity index (χ4v) is 6.12. The first-order chi connectivity index (χ1) is 11.3. The summed E-state index contributed by atoms with van der Waals surface area (Å²) in [5.41, 5.74) is 0.101. The summed E-state index contributed by atoms with van der Waals surface area (Å²) in [7, 11) is -7.68. The van der Waals surface area contributed by atoms with Crippen LogP contribution in [-0.4, -0.2) is 28.2 Å². The van der Waals surface area contributed by atoms with E-state index >= 15 is 0 Å². The fourth-order valence-electron chi connectivity index (χ4n) is 3.25. The highest BCUT2D eigenvalue weighted by Crippen LogP contribution is 2.42. The highest BCUT2D eigenvalue weighted by molar-refractivity contribution is 7.92. The van der Waals surface area contributed by atoms with E-state index in [9.17, 15) is 16.8 Å². The number of benzene rings is 1. The van der Waals surface area contributed by atoms with Crippen molar-refractivity contribution < 1.29 is 21.6 Å². The van der Waals surface area contributed by atoms with Crippen molar-refractivity contribution in [3.63, 3.8) is 0 Å². The molecule has 0 radical (unpaired) electrons. The fraction of sp³-hybridized carbons (Fsp3) is 0.647. The van der Waals surface area contributed by atoms with Gasteiger partial charge < -0.3 is 4.74 Å². The van der Waals surface area contributed by atoms with Gasteiger partial charge in [-0.1, -0.05) is 20.3 Å². The van der Waals surface area contributed by atoms with Gasteiger partial charge in [-0.2, -0.15) is 0 Å². The number of sulfone groups is 1. The van der Waals surface area contributed by atoms with Crippen molar-refractivity contribution in [3.8, 4) is 5.75 Å². The SMILES string of the molecule is Cc1c(S(N)(=O)=O)cc2c(c1C)OC(C)(CCCC(C)C)CS2(=O)=O. The predicted molar refractivity (Wildman–Crippen MR) is 97.1 cm³/mol. The number of hydrogen-bond acceptors (Lipinski definition) is 5. The van der Waals surface area contributed by atoms with Crippen molar-refractivity contribution in [3.05, 3.63) is 17.2 Å². The van der Waals surface area contributed by atoms with Gasteiger partial charge in [0.2, 0.25) is 10.0 Å². The number of sulfonamides is 1. The molecule has 0 spiro atoms. The molecular formula is C17H27NO5S2. The molecule has 0 amide bonds. The van der Waals surface area contributed by atoms with Crippen LogP contribution in [0, 0.1) is 19.8 Å². The highest BCUT2D eigenvalue weighted by atomic mass is 32.2. The van der Waals surface area contributed by atoms with Crippen LogP contribution in [0.25, 0.3) is 0 Å². The van der Waals surface area contributed by atoms with Gasteiger partial charge in [-0.25, -0.2) is 22.0 Å². The first kappa shape index (κ1) is 20.2. The zero-order valence-corrected chi connectivity index (χ0v) is 17.1. The van der Waals surface area contributed by atoms with Crippen LogP contribution in [-0.2, 0) is 19.9 Å². The van der Waals surface area contributed by atoms with Crippen LogP contribution in [0.3, 0.4) is 0 Å². The van der Waals surface area contributed by atoms with Crippen LogP contribution >= 0.6 is 0 Å². The van der Waals surface area contributed by atoms with E-state index in [0.29, 0.717) is 23.5 Å².